The van der Waals surface area contributed by atoms with Gasteiger partial charge in [-0.05, 0) is 106 Å². The molecule has 2 N–H and O–H groups in total. The van der Waals surface area contributed by atoms with Crippen molar-refractivity contribution in [2.24, 2.45) is 11.3 Å². The molecule has 252 valence electrons. The van der Waals surface area contributed by atoms with Gasteiger partial charge in [0.05, 0.1) is 43.7 Å². The Bertz CT molecular complexity index is 1880. The number of nitrogens with zero attached hydrogens (tertiary/aromatic N) is 3. The number of sulfonamides is 1. The molecule has 12 nitrogen and oxygen atoms in total. The van der Waals surface area contributed by atoms with Crippen LogP contribution in [0.25, 0.3) is 0 Å². The first-order valence-electron chi connectivity index (χ1n) is 16.1. The van der Waals surface area contributed by atoms with Crippen LogP contribution in [-0.2, 0) is 25.2 Å². The lowest BCUT2D eigenvalue weighted by Crippen LogP contribution is -2.56. The molecule has 3 aromatic rings. The maximum absolute atomic E-state index is 15.1. The topological polar surface area (TPSA) is 160 Å². The van der Waals surface area contributed by atoms with Crippen LogP contribution in [-0.4, -0.2) is 59.1 Å². The van der Waals surface area contributed by atoms with E-state index in [1.54, 1.807) is 19.1 Å². The van der Waals surface area contributed by atoms with Crippen LogP contribution in [0.5, 0.6) is 17.4 Å². The molecule has 2 fully saturated rings. The number of carbonyl (C=O) groups excluding carboxylic acids is 2. The number of fused-ring (bicyclic) bond motifs is 1. The van der Waals surface area contributed by atoms with Gasteiger partial charge in [-0.15, -0.1) is 0 Å². The number of carbonyl (C=O) groups is 2. The summed E-state index contributed by atoms with van der Waals surface area (Å²) < 4.78 is 46.4. The summed E-state index contributed by atoms with van der Waals surface area (Å²) in [4.78, 5) is 33.6. The van der Waals surface area contributed by atoms with Gasteiger partial charge in [0, 0.05) is 23.7 Å². The van der Waals surface area contributed by atoms with Crippen LogP contribution in [0.3, 0.4) is 0 Å². The third-order valence-corrected chi connectivity index (χ3v) is 11.7. The van der Waals surface area contributed by atoms with E-state index in [-0.39, 0.29) is 56.8 Å². The van der Waals surface area contributed by atoms with E-state index in [9.17, 15) is 18.5 Å². The number of methoxy groups -OCH3 is 2. The lowest BCUT2D eigenvalue weighted by molar-refractivity contribution is -0.133. The van der Waals surface area contributed by atoms with Gasteiger partial charge in [0.2, 0.25) is 11.8 Å². The fourth-order valence-electron chi connectivity index (χ4n) is 7.40. The molecule has 1 spiro atoms. The molecule has 0 bridgehead atoms. The first-order valence-corrected chi connectivity index (χ1v) is 17.6. The molecule has 2 amide bonds. The van der Waals surface area contributed by atoms with E-state index in [0.717, 1.165) is 38.8 Å². The monoisotopic (exact) mass is 673 g/mol. The van der Waals surface area contributed by atoms with Crippen LogP contribution in [0.1, 0.15) is 62.1 Å². The summed E-state index contributed by atoms with van der Waals surface area (Å²) in [6, 6.07) is 13.7. The number of rotatable bonds is 9. The van der Waals surface area contributed by atoms with Crippen molar-refractivity contribution >= 4 is 27.5 Å². The Hall–Kier alpha value is -4.67. The highest BCUT2D eigenvalue weighted by Crippen LogP contribution is 2.51. The molecule has 1 saturated heterocycles. The van der Waals surface area contributed by atoms with Gasteiger partial charge in [0.25, 0.3) is 15.9 Å². The van der Waals surface area contributed by atoms with Gasteiger partial charge >= 0.3 is 0 Å². The maximum atomic E-state index is 15.1. The zero-order chi connectivity index (χ0) is 34.1. The lowest BCUT2D eigenvalue weighted by atomic mass is 9.65. The van der Waals surface area contributed by atoms with Gasteiger partial charge in [-0.3, -0.25) is 9.59 Å². The largest absolute Gasteiger partial charge is 0.497 e. The number of aromatic nitrogens is 1. The Morgan fingerprint density at radius 1 is 1.06 bits per heavy atom. The van der Waals surface area contributed by atoms with Crippen molar-refractivity contribution in [2.75, 3.05) is 38.2 Å². The fraction of sp³-hybridized carbons (Fsp3) is 0.429. The van der Waals surface area contributed by atoms with Crippen LogP contribution in [0.2, 0.25) is 0 Å². The number of nitrogens with one attached hydrogen (secondary N) is 2. The van der Waals surface area contributed by atoms with E-state index in [2.05, 4.69) is 21.7 Å². The molecule has 48 heavy (non-hydrogen) atoms. The summed E-state index contributed by atoms with van der Waals surface area (Å²) in [5, 5.41) is 16.4. The van der Waals surface area contributed by atoms with Gasteiger partial charge in [-0.1, -0.05) is 0 Å². The number of amides is 2. The number of anilines is 1. The zero-order valence-electron chi connectivity index (χ0n) is 27.2. The molecular weight excluding hydrogens is 634 g/mol. The number of pyridine rings is 1. The van der Waals surface area contributed by atoms with Crippen molar-refractivity contribution in [3.05, 3.63) is 71.4 Å². The van der Waals surface area contributed by atoms with E-state index < -0.39 is 27.4 Å². The number of benzene rings is 2. The van der Waals surface area contributed by atoms with Crippen LogP contribution >= 0.6 is 0 Å². The predicted molar refractivity (Wildman–Crippen MR) is 176 cm³/mol. The van der Waals surface area contributed by atoms with E-state index in [1.807, 2.05) is 0 Å². The van der Waals surface area contributed by atoms with E-state index in [4.69, 9.17) is 14.2 Å². The predicted octanol–water partition coefficient (Wildman–Crippen LogP) is 4.02. The van der Waals surface area contributed by atoms with Gasteiger partial charge in [-0.2, -0.15) is 9.57 Å². The number of hydrogen-bond acceptors (Lipinski definition) is 10. The number of hydrogen-bond donors (Lipinski definition) is 2. The molecule has 2 aliphatic heterocycles. The first kappa shape index (κ1) is 33.2. The Balaban J connectivity index is 1.51. The minimum Gasteiger partial charge on any atom is -0.497 e. The second-order valence-electron chi connectivity index (χ2n) is 12.5. The lowest BCUT2D eigenvalue weighted by Gasteiger charge is -2.43. The standard InChI is InChI=1S/C35H39N5O7S/c1-4-47-32-26(6-5-17-38-32)35(39-31(41)24-11-13-34(14-12-24)15-18-37-19-16-34)27-20-23(22-36)7-9-28(27)40(33(35)42)48(43,44)30-10-8-25(45-2)21-29(30)46-3/h5-10,17,20-21,24,37H,4,11-16,18-19H2,1-3H3,(H,39,41)/t35-/m1/s1. The van der Waals surface area contributed by atoms with Gasteiger partial charge in [0.1, 0.15) is 16.4 Å². The number of nitriles is 1. The highest BCUT2D eigenvalue weighted by molar-refractivity contribution is 7.93. The molecule has 0 unspecified atom stereocenters. The molecule has 1 atom stereocenters. The van der Waals surface area contributed by atoms with Crippen molar-refractivity contribution in [3.8, 4) is 23.4 Å². The average Bonchev–Trinajstić information content (AvgIpc) is 3.36. The van der Waals surface area contributed by atoms with Crippen molar-refractivity contribution in [1.29, 1.82) is 5.26 Å². The van der Waals surface area contributed by atoms with Crippen LogP contribution in [0, 0.1) is 22.7 Å². The third kappa shape index (κ3) is 5.52. The number of ether oxygens (including phenoxy) is 3. The van der Waals surface area contributed by atoms with Crippen molar-refractivity contribution in [2.45, 2.75) is 55.9 Å². The fourth-order valence-corrected chi connectivity index (χ4v) is 9.00. The summed E-state index contributed by atoms with van der Waals surface area (Å²) in [5.74, 6) is -1.37. The average molecular weight is 674 g/mol. The summed E-state index contributed by atoms with van der Waals surface area (Å²) in [6.45, 7) is 3.86. The van der Waals surface area contributed by atoms with E-state index >= 15 is 4.79 Å². The SMILES string of the molecule is CCOc1ncccc1[C@]1(NC(=O)C2CCC3(CCNCC3)CC2)C(=O)N(S(=O)(=O)c2ccc(OC)cc2OC)c2ccc(C#N)cc21. The first-order chi connectivity index (χ1) is 23.1. The third-order valence-electron chi connectivity index (χ3n) is 9.99. The molecule has 3 heterocycles. The second kappa shape index (κ2) is 13.1. The Morgan fingerprint density at radius 2 is 1.81 bits per heavy atom. The minimum atomic E-state index is -4.67. The second-order valence-corrected chi connectivity index (χ2v) is 14.2. The summed E-state index contributed by atoms with van der Waals surface area (Å²) in [5.41, 5.74) is -1.45. The van der Waals surface area contributed by atoms with E-state index in [0.29, 0.717) is 22.9 Å². The highest BCUT2D eigenvalue weighted by Gasteiger charge is 2.59. The Morgan fingerprint density at radius 3 is 2.48 bits per heavy atom. The molecule has 1 aromatic heterocycles. The molecule has 13 heteroatoms. The van der Waals surface area contributed by atoms with Crippen molar-refractivity contribution < 1.29 is 32.2 Å². The van der Waals surface area contributed by atoms with Gasteiger partial charge < -0.3 is 24.8 Å². The van der Waals surface area contributed by atoms with Crippen LogP contribution < -0.4 is 29.1 Å². The molecular formula is C35H39N5O7S. The van der Waals surface area contributed by atoms with Gasteiger partial charge in [-0.25, -0.2) is 13.4 Å². The number of piperidine rings is 1. The van der Waals surface area contributed by atoms with Crippen molar-refractivity contribution in [3.63, 3.8) is 0 Å². The van der Waals surface area contributed by atoms with Gasteiger partial charge in [0.15, 0.2) is 5.54 Å². The summed E-state index contributed by atoms with van der Waals surface area (Å²) in [7, 11) is -1.91. The Kier molecular flexibility index (Phi) is 9.06. The minimum absolute atomic E-state index is 0.0132. The molecule has 1 aliphatic carbocycles. The van der Waals surface area contributed by atoms with Crippen LogP contribution in [0.4, 0.5) is 5.69 Å². The zero-order valence-corrected chi connectivity index (χ0v) is 28.1. The Labute approximate surface area is 280 Å². The summed E-state index contributed by atoms with van der Waals surface area (Å²) >= 11 is 0. The smallest absolute Gasteiger partial charge is 0.276 e. The quantitative estimate of drug-likeness (QED) is 0.340. The van der Waals surface area contributed by atoms with Crippen molar-refractivity contribution in [1.82, 2.24) is 15.6 Å². The molecule has 0 radical (unpaired) electrons. The molecule has 1 saturated carbocycles. The molecule has 2 aromatic carbocycles. The highest BCUT2D eigenvalue weighted by atomic mass is 32.2. The molecule has 3 aliphatic rings. The molecule has 6 rings (SSSR count). The summed E-state index contributed by atoms with van der Waals surface area (Å²) in [6.07, 6.45) is 6.66. The van der Waals surface area contributed by atoms with E-state index in [1.165, 1.54) is 56.8 Å². The normalized spacial score (nSPS) is 20.5. The van der Waals surface area contributed by atoms with Crippen LogP contribution in [0.15, 0.2) is 59.6 Å². The maximum Gasteiger partial charge on any atom is 0.276 e.